The van der Waals surface area contributed by atoms with Crippen molar-refractivity contribution in [3.8, 4) is 5.75 Å². The van der Waals surface area contributed by atoms with Gasteiger partial charge in [-0.25, -0.2) is 0 Å². The molecule has 0 heterocycles. The van der Waals surface area contributed by atoms with Gasteiger partial charge >= 0.3 is 0 Å². The Labute approximate surface area is 106 Å². The van der Waals surface area contributed by atoms with E-state index in [4.69, 9.17) is 34.3 Å². The average molecular weight is 256 g/mol. The Morgan fingerprint density at radius 1 is 1.50 bits per heavy atom. The minimum absolute atomic E-state index is 0.315. The third-order valence-electron chi connectivity index (χ3n) is 2.92. The Morgan fingerprint density at radius 2 is 2.25 bits per heavy atom. The monoisotopic (exact) mass is 255 g/mol. The molecule has 2 nitrogen and oxygen atoms in total. The Kier molecular flexibility index (Phi) is 3.66. The molecule has 1 fully saturated rings. The van der Waals surface area contributed by atoms with E-state index in [-0.39, 0.29) is 0 Å². The van der Waals surface area contributed by atoms with E-state index in [1.165, 1.54) is 19.3 Å². The summed E-state index contributed by atoms with van der Waals surface area (Å²) in [6.07, 6.45) is 3.88. The first kappa shape index (κ1) is 11.7. The minimum Gasteiger partial charge on any atom is -0.493 e. The van der Waals surface area contributed by atoms with Crippen LogP contribution in [0.5, 0.6) is 5.75 Å². The molecule has 1 aromatic carbocycles. The van der Waals surface area contributed by atoms with E-state index in [9.17, 15) is 0 Å². The van der Waals surface area contributed by atoms with Crippen molar-refractivity contribution in [1.29, 1.82) is 0 Å². The van der Waals surface area contributed by atoms with Gasteiger partial charge in [0.2, 0.25) is 0 Å². The zero-order chi connectivity index (χ0) is 11.5. The Hall–Kier alpha value is -0.800. The highest BCUT2D eigenvalue weighted by molar-refractivity contribution is 7.80. The quantitative estimate of drug-likeness (QED) is 0.840. The molecule has 1 aliphatic rings. The molecule has 4 heteroatoms. The lowest BCUT2D eigenvalue weighted by atomic mass is 9.86. The smallest absolute Gasteiger partial charge is 0.120 e. The molecule has 1 saturated carbocycles. The van der Waals surface area contributed by atoms with E-state index in [0.29, 0.717) is 21.5 Å². The van der Waals surface area contributed by atoms with Crippen LogP contribution in [0.4, 0.5) is 0 Å². The molecule has 0 bridgehead atoms. The first-order valence-electron chi connectivity index (χ1n) is 5.39. The number of rotatable bonds is 4. The summed E-state index contributed by atoms with van der Waals surface area (Å²) < 4.78 is 5.66. The summed E-state index contributed by atoms with van der Waals surface area (Å²) in [5.41, 5.74) is 6.23. The molecule has 86 valence electrons. The molecule has 2 N–H and O–H groups in total. The fourth-order valence-corrected chi connectivity index (χ4v) is 2.17. The molecular weight excluding hydrogens is 242 g/mol. The van der Waals surface area contributed by atoms with E-state index in [0.717, 1.165) is 12.4 Å². The zero-order valence-corrected chi connectivity index (χ0v) is 10.5. The van der Waals surface area contributed by atoms with Gasteiger partial charge in [0.15, 0.2) is 0 Å². The van der Waals surface area contributed by atoms with E-state index in [2.05, 4.69) is 0 Å². The summed E-state index contributed by atoms with van der Waals surface area (Å²) in [5, 5.41) is 0.554. The normalized spacial score (nSPS) is 15.6. The van der Waals surface area contributed by atoms with E-state index < -0.39 is 0 Å². The number of nitrogens with two attached hydrogens (primary N) is 1. The molecule has 0 saturated heterocycles. The molecule has 0 spiro atoms. The molecule has 0 atom stereocenters. The standard InChI is InChI=1S/C12H14ClNOS/c13-11-6-9(4-5-10(11)12(14)16)15-7-8-2-1-3-8/h4-6,8H,1-3,7H2,(H2,14,16). The van der Waals surface area contributed by atoms with Gasteiger partial charge in [0.25, 0.3) is 0 Å². The SMILES string of the molecule is NC(=S)c1ccc(OCC2CCC2)cc1Cl. The van der Waals surface area contributed by atoms with Gasteiger partial charge in [-0.2, -0.15) is 0 Å². The highest BCUT2D eigenvalue weighted by Gasteiger charge is 2.18. The van der Waals surface area contributed by atoms with Gasteiger partial charge < -0.3 is 10.5 Å². The number of benzene rings is 1. The van der Waals surface area contributed by atoms with Crippen molar-refractivity contribution < 1.29 is 4.74 Å². The van der Waals surface area contributed by atoms with Crippen LogP contribution in [0, 0.1) is 5.92 Å². The van der Waals surface area contributed by atoms with Gasteiger partial charge in [-0.1, -0.05) is 30.2 Å². The van der Waals surface area contributed by atoms with E-state index >= 15 is 0 Å². The van der Waals surface area contributed by atoms with Crippen molar-refractivity contribution in [2.45, 2.75) is 19.3 Å². The van der Waals surface area contributed by atoms with Crippen LogP contribution in [0.15, 0.2) is 18.2 Å². The Bertz CT molecular complexity index is 404. The van der Waals surface area contributed by atoms with Gasteiger partial charge in [0.1, 0.15) is 10.7 Å². The maximum absolute atomic E-state index is 6.04. The third kappa shape index (κ3) is 2.66. The van der Waals surface area contributed by atoms with Crippen LogP contribution in [-0.4, -0.2) is 11.6 Å². The highest BCUT2D eigenvalue weighted by atomic mass is 35.5. The zero-order valence-electron chi connectivity index (χ0n) is 8.91. The molecule has 16 heavy (non-hydrogen) atoms. The second-order valence-corrected chi connectivity index (χ2v) is 4.96. The maximum atomic E-state index is 6.04. The van der Waals surface area contributed by atoms with Crippen LogP contribution in [0.1, 0.15) is 24.8 Å². The molecule has 0 aromatic heterocycles. The molecule has 0 amide bonds. The fourth-order valence-electron chi connectivity index (χ4n) is 1.66. The topological polar surface area (TPSA) is 35.2 Å². The van der Waals surface area contributed by atoms with E-state index in [1.54, 1.807) is 12.1 Å². The average Bonchev–Trinajstić information content (AvgIpc) is 2.14. The van der Waals surface area contributed by atoms with Crippen LogP contribution in [-0.2, 0) is 0 Å². The number of halogens is 1. The molecule has 0 aliphatic heterocycles. The minimum atomic E-state index is 0.315. The largest absolute Gasteiger partial charge is 0.493 e. The van der Waals surface area contributed by atoms with Gasteiger partial charge in [0, 0.05) is 5.56 Å². The van der Waals surface area contributed by atoms with Crippen LogP contribution < -0.4 is 10.5 Å². The van der Waals surface area contributed by atoms with Gasteiger partial charge in [-0.05, 0) is 37.0 Å². The molecule has 0 unspecified atom stereocenters. The lowest BCUT2D eigenvalue weighted by molar-refractivity contribution is 0.180. The number of ether oxygens (including phenoxy) is 1. The third-order valence-corrected chi connectivity index (χ3v) is 3.45. The van der Waals surface area contributed by atoms with Gasteiger partial charge in [-0.3, -0.25) is 0 Å². The van der Waals surface area contributed by atoms with Crippen molar-refractivity contribution in [2.75, 3.05) is 6.61 Å². The van der Waals surface area contributed by atoms with Crippen molar-refractivity contribution in [3.05, 3.63) is 28.8 Å². The summed E-state index contributed by atoms with van der Waals surface area (Å²) in [6.45, 7) is 0.781. The molecule has 1 aromatic rings. The lowest BCUT2D eigenvalue weighted by Gasteiger charge is -2.25. The van der Waals surface area contributed by atoms with Gasteiger partial charge in [0.05, 0.1) is 11.6 Å². The Morgan fingerprint density at radius 3 is 2.75 bits per heavy atom. The molecule has 1 aliphatic carbocycles. The number of hydrogen-bond donors (Lipinski definition) is 1. The summed E-state index contributed by atoms with van der Waals surface area (Å²) in [7, 11) is 0. The molecular formula is C12H14ClNOS. The van der Waals surface area contributed by atoms with E-state index in [1.807, 2.05) is 6.07 Å². The number of thiocarbonyl (C=S) groups is 1. The molecule has 2 rings (SSSR count). The fraction of sp³-hybridized carbons (Fsp3) is 0.417. The second-order valence-electron chi connectivity index (χ2n) is 4.11. The van der Waals surface area contributed by atoms with Gasteiger partial charge in [-0.15, -0.1) is 0 Å². The van der Waals surface area contributed by atoms with Crippen molar-refractivity contribution >= 4 is 28.8 Å². The predicted molar refractivity (Wildman–Crippen MR) is 70.2 cm³/mol. The van der Waals surface area contributed by atoms with Crippen LogP contribution in [0.3, 0.4) is 0 Å². The van der Waals surface area contributed by atoms with Crippen LogP contribution in [0.2, 0.25) is 5.02 Å². The van der Waals surface area contributed by atoms with Crippen molar-refractivity contribution in [1.82, 2.24) is 0 Å². The first-order valence-corrected chi connectivity index (χ1v) is 6.17. The predicted octanol–water partition coefficient (Wildman–Crippen LogP) is 3.15. The summed E-state index contributed by atoms with van der Waals surface area (Å²) in [5.74, 6) is 1.51. The van der Waals surface area contributed by atoms with Crippen LogP contribution >= 0.6 is 23.8 Å². The maximum Gasteiger partial charge on any atom is 0.120 e. The summed E-state index contributed by atoms with van der Waals surface area (Å²) >= 11 is 10.9. The summed E-state index contributed by atoms with van der Waals surface area (Å²) in [6, 6.07) is 5.44. The van der Waals surface area contributed by atoms with Crippen molar-refractivity contribution in [3.63, 3.8) is 0 Å². The lowest BCUT2D eigenvalue weighted by Crippen LogP contribution is -2.19. The summed E-state index contributed by atoms with van der Waals surface area (Å²) in [4.78, 5) is 0.315. The van der Waals surface area contributed by atoms with Crippen molar-refractivity contribution in [2.24, 2.45) is 11.7 Å². The van der Waals surface area contributed by atoms with Crippen LogP contribution in [0.25, 0.3) is 0 Å². The number of hydrogen-bond acceptors (Lipinski definition) is 2. The highest BCUT2D eigenvalue weighted by Crippen LogP contribution is 2.28. The second kappa shape index (κ2) is 5.02. The first-order chi connectivity index (χ1) is 7.66. The Balaban J connectivity index is 1.99. The molecule has 0 radical (unpaired) electrons.